The SMILES string of the molecule is Cc1cccc(/C=N/Nc2nc(N)c3ncn([C@@H]4O[C@H](CO)[C@@H](O)[C@H]4O)c3n2)c1. The summed E-state index contributed by atoms with van der Waals surface area (Å²) in [5.41, 5.74) is 11.3. The standard InChI is InChI=1S/C18H21N7O4/c1-9-3-2-4-10(5-9)6-21-24-18-22-15(19)12-16(23-18)25(8-20-12)17-14(28)13(27)11(7-26)29-17/h2-6,8,11,13-14,17,26-28H,7H2,1H3,(H3,19,22,23,24)/b21-6+/t11-,13-,14-,17-/m1/s1. The molecule has 29 heavy (non-hydrogen) atoms. The van der Waals surface area contributed by atoms with Gasteiger partial charge in [0.2, 0.25) is 5.95 Å². The normalized spacial score (nSPS) is 24.6. The monoisotopic (exact) mass is 399 g/mol. The number of imidazole rings is 1. The van der Waals surface area contributed by atoms with Crippen LogP contribution in [0.3, 0.4) is 0 Å². The number of nitrogen functional groups attached to an aromatic ring is 1. The van der Waals surface area contributed by atoms with Gasteiger partial charge in [-0.1, -0.05) is 29.8 Å². The molecule has 1 fully saturated rings. The van der Waals surface area contributed by atoms with Crippen molar-refractivity contribution in [2.24, 2.45) is 5.10 Å². The number of fused-ring (bicyclic) bond motifs is 1. The van der Waals surface area contributed by atoms with Crippen LogP contribution in [-0.2, 0) is 4.74 Å². The van der Waals surface area contributed by atoms with E-state index in [9.17, 15) is 15.3 Å². The molecule has 3 heterocycles. The summed E-state index contributed by atoms with van der Waals surface area (Å²) in [4.78, 5) is 12.6. The fraction of sp³-hybridized carbons (Fsp3) is 0.333. The Morgan fingerprint density at radius 1 is 1.31 bits per heavy atom. The Bertz CT molecular complexity index is 1050. The first-order valence-corrected chi connectivity index (χ1v) is 8.96. The van der Waals surface area contributed by atoms with Crippen molar-refractivity contribution >= 4 is 29.1 Å². The molecule has 4 atom stereocenters. The van der Waals surface area contributed by atoms with Crippen LogP contribution in [0.5, 0.6) is 0 Å². The van der Waals surface area contributed by atoms with Gasteiger partial charge in [-0.25, -0.2) is 10.4 Å². The summed E-state index contributed by atoms with van der Waals surface area (Å²) in [7, 11) is 0. The molecule has 11 nitrogen and oxygen atoms in total. The topological polar surface area (TPSA) is 164 Å². The molecule has 2 aromatic heterocycles. The van der Waals surface area contributed by atoms with Gasteiger partial charge in [0.1, 0.15) is 23.8 Å². The number of aliphatic hydroxyl groups excluding tert-OH is 3. The number of aryl methyl sites for hydroxylation is 1. The van der Waals surface area contributed by atoms with Crippen molar-refractivity contribution in [2.45, 2.75) is 31.5 Å². The van der Waals surface area contributed by atoms with Gasteiger partial charge in [-0.05, 0) is 12.5 Å². The predicted octanol–water partition coefficient (Wildman–Crippen LogP) is -0.226. The predicted molar refractivity (Wildman–Crippen MR) is 105 cm³/mol. The lowest BCUT2D eigenvalue weighted by molar-refractivity contribution is -0.0511. The van der Waals surface area contributed by atoms with Crippen molar-refractivity contribution in [2.75, 3.05) is 17.8 Å². The molecule has 0 aliphatic carbocycles. The number of nitrogens with two attached hydrogens (primary N) is 1. The van der Waals surface area contributed by atoms with E-state index in [1.54, 1.807) is 6.21 Å². The second-order valence-electron chi connectivity index (χ2n) is 6.77. The van der Waals surface area contributed by atoms with Gasteiger partial charge in [-0.3, -0.25) is 4.57 Å². The number of rotatable bonds is 5. The minimum absolute atomic E-state index is 0.119. The fourth-order valence-electron chi connectivity index (χ4n) is 3.20. The van der Waals surface area contributed by atoms with Crippen LogP contribution < -0.4 is 11.2 Å². The average Bonchev–Trinajstić information content (AvgIpc) is 3.24. The quantitative estimate of drug-likeness (QED) is 0.288. The number of aromatic nitrogens is 4. The molecule has 0 radical (unpaired) electrons. The Kier molecular flexibility index (Phi) is 5.11. The van der Waals surface area contributed by atoms with Gasteiger partial charge in [0.25, 0.3) is 0 Å². The number of hydrazone groups is 1. The number of nitrogens with one attached hydrogen (secondary N) is 1. The van der Waals surface area contributed by atoms with Gasteiger partial charge in [-0.15, -0.1) is 0 Å². The largest absolute Gasteiger partial charge is 0.394 e. The molecule has 1 aromatic carbocycles. The Balaban J connectivity index is 1.62. The lowest BCUT2D eigenvalue weighted by atomic mass is 10.1. The van der Waals surface area contributed by atoms with Crippen LogP contribution >= 0.6 is 0 Å². The van der Waals surface area contributed by atoms with Crippen LogP contribution in [0.25, 0.3) is 11.2 Å². The second kappa shape index (κ2) is 7.72. The number of nitrogens with zero attached hydrogens (tertiary/aromatic N) is 5. The summed E-state index contributed by atoms with van der Waals surface area (Å²) < 4.78 is 6.98. The van der Waals surface area contributed by atoms with Crippen molar-refractivity contribution in [3.05, 3.63) is 41.7 Å². The van der Waals surface area contributed by atoms with Crippen molar-refractivity contribution in [3.8, 4) is 0 Å². The van der Waals surface area contributed by atoms with Gasteiger partial charge >= 0.3 is 0 Å². The summed E-state index contributed by atoms with van der Waals surface area (Å²) in [6, 6.07) is 7.80. The Hall–Kier alpha value is -3.12. The number of ether oxygens (including phenoxy) is 1. The molecule has 0 amide bonds. The van der Waals surface area contributed by atoms with Gasteiger partial charge < -0.3 is 25.8 Å². The van der Waals surface area contributed by atoms with Crippen LogP contribution in [-0.4, -0.2) is 66.0 Å². The summed E-state index contributed by atoms with van der Waals surface area (Å²) in [6.45, 7) is 1.56. The Morgan fingerprint density at radius 3 is 2.86 bits per heavy atom. The first-order chi connectivity index (χ1) is 14.0. The van der Waals surface area contributed by atoms with E-state index >= 15 is 0 Å². The molecule has 3 aromatic rings. The zero-order valence-corrected chi connectivity index (χ0v) is 15.5. The van der Waals surface area contributed by atoms with E-state index in [0.717, 1.165) is 11.1 Å². The maximum atomic E-state index is 10.3. The number of aliphatic hydroxyl groups is 3. The first-order valence-electron chi connectivity index (χ1n) is 8.96. The molecule has 1 saturated heterocycles. The highest BCUT2D eigenvalue weighted by molar-refractivity contribution is 5.83. The third-order valence-corrected chi connectivity index (χ3v) is 4.66. The van der Waals surface area contributed by atoms with E-state index < -0.39 is 31.1 Å². The highest BCUT2D eigenvalue weighted by Gasteiger charge is 2.44. The molecule has 152 valence electrons. The first kappa shape index (κ1) is 19.2. The van der Waals surface area contributed by atoms with E-state index in [1.165, 1.54) is 10.9 Å². The molecule has 0 bridgehead atoms. The van der Waals surface area contributed by atoms with E-state index in [0.29, 0.717) is 11.2 Å². The molecular formula is C18H21N7O4. The minimum atomic E-state index is -1.27. The molecule has 1 aliphatic heterocycles. The lowest BCUT2D eigenvalue weighted by Gasteiger charge is -2.16. The van der Waals surface area contributed by atoms with E-state index in [4.69, 9.17) is 10.5 Å². The van der Waals surface area contributed by atoms with E-state index in [2.05, 4.69) is 25.5 Å². The van der Waals surface area contributed by atoms with Crippen LogP contribution in [0, 0.1) is 6.92 Å². The van der Waals surface area contributed by atoms with E-state index in [-0.39, 0.29) is 11.8 Å². The number of anilines is 2. The summed E-state index contributed by atoms with van der Waals surface area (Å²) >= 11 is 0. The zero-order valence-electron chi connectivity index (χ0n) is 15.5. The van der Waals surface area contributed by atoms with Crippen molar-refractivity contribution in [1.82, 2.24) is 19.5 Å². The van der Waals surface area contributed by atoms with Gasteiger partial charge in [0, 0.05) is 0 Å². The maximum Gasteiger partial charge on any atom is 0.247 e. The highest BCUT2D eigenvalue weighted by Crippen LogP contribution is 2.32. The molecule has 0 unspecified atom stereocenters. The highest BCUT2D eigenvalue weighted by atomic mass is 16.6. The zero-order chi connectivity index (χ0) is 20.5. The second-order valence-corrected chi connectivity index (χ2v) is 6.77. The summed E-state index contributed by atoms with van der Waals surface area (Å²) in [5, 5.41) is 33.7. The molecule has 11 heteroatoms. The molecule has 4 rings (SSSR count). The summed E-state index contributed by atoms with van der Waals surface area (Å²) in [6.07, 6.45) is -1.39. The smallest absolute Gasteiger partial charge is 0.247 e. The maximum absolute atomic E-state index is 10.3. The Morgan fingerprint density at radius 2 is 2.14 bits per heavy atom. The van der Waals surface area contributed by atoms with Gasteiger partial charge in [0.15, 0.2) is 17.7 Å². The molecule has 0 saturated carbocycles. The van der Waals surface area contributed by atoms with E-state index in [1.807, 2.05) is 31.2 Å². The minimum Gasteiger partial charge on any atom is -0.394 e. The molecular weight excluding hydrogens is 378 g/mol. The van der Waals surface area contributed by atoms with Crippen LogP contribution in [0.4, 0.5) is 11.8 Å². The number of benzene rings is 1. The number of hydrogen-bond donors (Lipinski definition) is 5. The van der Waals surface area contributed by atoms with Crippen molar-refractivity contribution in [3.63, 3.8) is 0 Å². The van der Waals surface area contributed by atoms with Gasteiger partial charge in [0.05, 0.1) is 19.1 Å². The number of hydrogen-bond acceptors (Lipinski definition) is 10. The molecule has 0 spiro atoms. The van der Waals surface area contributed by atoms with Crippen LogP contribution in [0.2, 0.25) is 0 Å². The summed E-state index contributed by atoms with van der Waals surface area (Å²) in [5.74, 6) is 0.251. The van der Waals surface area contributed by atoms with Crippen LogP contribution in [0.15, 0.2) is 35.7 Å². The Labute approximate surface area is 165 Å². The lowest BCUT2D eigenvalue weighted by Crippen LogP contribution is -2.33. The van der Waals surface area contributed by atoms with Crippen LogP contribution in [0.1, 0.15) is 17.4 Å². The molecule has 1 aliphatic rings. The molecule has 6 N–H and O–H groups in total. The van der Waals surface area contributed by atoms with Gasteiger partial charge in [-0.2, -0.15) is 15.1 Å². The third-order valence-electron chi connectivity index (χ3n) is 4.66. The van der Waals surface area contributed by atoms with Crippen molar-refractivity contribution in [1.29, 1.82) is 0 Å². The fourth-order valence-corrected chi connectivity index (χ4v) is 3.20. The third kappa shape index (κ3) is 3.63. The van der Waals surface area contributed by atoms with Crippen molar-refractivity contribution < 1.29 is 20.1 Å². The average molecular weight is 399 g/mol.